The summed E-state index contributed by atoms with van der Waals surface area (Å²) in [7, 11) is -0.151. The van der Waals surface area contributed by atoms with Crippen molar-refractivity contribution >= 4 is 123 Å². The highest BCUT2D eigenvalue weighted by Gasteiger charge is 2.37. The molecule has 254 valence electrons. The summed E-state index contributed by atoms with van der Waals surface area (Å²) in [4.78, 5) is 85.1. The van der Waals surface area contributed by atoms with Gasteiger partial charge in [0.2, 0.25) is 0 Å². The van der Waals surface area contributed by atoms with Crippen molar-refractivity contribution in [2.75, 3.05) is 6.26 Å². The highest BCUT2D eigenvalue weighted by Crippen LogP contribution is 2.38. The smallest absolute Gasteiger partial charge is 0.195 e. The molecular weight excluding hydrogens is 817 g/mol. The first-order valence-electron chi connectivity index (χ1n) is 14.8. The summed E-state index contributed by atoms with van der Waals surface area (Å²) in [6.07, 6.45) is 4.34. The Morgan fingerprint density at radius 3 is 1.24 bits per heavy atom. The maximum atomic E-state index is 14.1. The fourth-order valence-electron chi connectivity index (χ4n) is 6.34. The molecule has 0 heterocycles. The van der Waals surface area contributed by atoms with Crippen molar-refractivity contribution in [3.05, 3.63) is 145 Å². The summed E-state index contributed by atoms with van der Waals surface area (Å²) in [5.41, 5.74) is 2.63. The van der Waals surface area contributed by atoms with Crippen LogP contribution in [0.5, 0.6) is 0 Å². The average Bonchev–Trinajstić information content (AvgIpc) is 3.14. The molecule has 0 bridgehead atoms. The van der Waals surface area contributed by atoms with E-state index in [1.165, 1.54) is 21.0 Å². The van der Waals surface area contributed by atoms with Gasteiger partial charge in [0.05, 0.1) is 9.81 Å². The molecule has 7 rings (SSSR count). The van der Waals surface area contributed by atoms with Crippen molar-refractivity contribution in [2.45, 2.75) is 21.6 Å². The molecule has 0 aliphatic heterocycles. The van der Waals surface area contributed by atoms with E-state index >= 15 is 0 Å². The molecule has 3 atom stereocenters. The molecular formula is C36H20O6S9. The second-order valence-corrected chi connectivity index (χ2v) is 24.3. The Labute approximate surface area is 321 Å². The Morgan fingerprint density at radius 1 is 0.471 bits per heavy atom. The van der Waals surface area contributed by atoms with Gasteiger partial charge >= 0.3 is 0 Å². The van der Waals surface area contributed by atoms with Gasteiger partial charge in [-0.15, -0.1) is 0 Å². The molecule has 0 fully saturated rings. The van der Waals surface area contributed by atoms with E-state index in [4.69, 9.17) is 33.6 Å². The molecule has 3 aliphatic carbocycles. The minimum Gasteiger partial charge on any atom is -0.289 e. The number of hydrogen-bond acceptors (Lipinski definition) is 9. The largest absolute Gasteiger partial charge is 0.289 e. The number of ketones is 6. The van der Waals surface area contributed by atoms with E-state index in [1.54, 1.807) is 79.7 Å². The predicted molar refractivity (Wildman–Crippen MR) is 217 cm³/mol. The van der Waals surface area contributed by atoms with E-state index in [1.807, 2.05) is 6.26 Å². The van der Waals surface area contributed by atoms with Crippen molar-refractivity contribution in [1.29, 1.82) is 0 Å². The zero-order valence-corrected chi connectivity index (χ0v) is 33.6. The van der Waals surface area contributed by atoms with Crippen molar-refractivity contribution in [3.63, 3.8) is 0 Å². The van der Waals surface area contributed by atoms with Crippen LogP contribution in [0.3, 0.4) is 0 Å². The van der Waals surface area contributed by atoms with Crippen molar-refractivity contribution in [2.24, 2.45) is 0 Å². The standard InChI is InChI=1S/C36H20O6S9/c1-17-7-3-8-18-29(17)33(39)20-10-5-13-25(31(20)34(18)40)50(47-44)27-15-23(38)28(16-22(27)37)51(48-45)26-14-6-11-21-32(26)36(42)19-9-4-12-24(49(2)46-43)30(19)35(21)41/h3-16H,1-2H3. The number of rotatable bonds is 5. The lowest BCUT2D eigenvalue weighted by molar-refractivity contribution is -0.114. The third kappa shape index (κ3) is 5.83. The molecule has 51 heavy (non-hydrogen) atoms. The van der Waals surface area contributed by atoms with Crippen LogP contribution in [0.2, 0.25) is 0 Å². The van der Waals surface area contributed by atoms with E-state index in [9.17, 15) is 28.8 Å². The van der Waals surface area contributed by atoms with Gasteiger partial charge in [-0.25, -0.2) is 0 Å². The van der Waals surface area contributed by atoms with E-state index < -0.39 is 39.9 Å². The lowest BCUT2D eigenvalue weighted by Crippen LogP contribution is -2.26. The molecule has 0 radical (unpaired) electrons. The molecule has 0 amide bonds. The summed E-state index contributed by atoms with van der Waals surface area (Å²) in [6.45, 7) is 1.77. The van der Waals surface area contributed by atoms with Crippen molar-refractivity contribution < 1.29 is 28.8 Å². The lowest BCUT2D eigenvalue weighted by atomic mass is 9.82. The Morgan fingerprint density at radius 2 is 0.824 bits per heavy atom. The summed E-state index contributed by atoms with van der Waals surface area (Å²) in [5.74, 6) is -2.34. The predicted octanol–water partition coefficient (Wildman–Crippen LogP) is 5.11. The van der Waals surface area contributed by atoms with Gasteiger partial charge in [-0.1, -0.05) is 83.0 Å². The molecule has 3 aliphatic rings. The first-order valence-corrected chi connectivity index (χ1v) is 25.6. The minimum absolute atomic E-state index is 0.0817. The quantitative estimate of drug-likeness (QED) is 0.220. The van der Waals surface area contributed by atoms with Crippen LogP contribution < -0.4 is 0 Å². The fourth-order valence-corrected chi connectivity index (χ4v) is 16.5. The van der Waals surface area contributed by atoms with E-state index in [2.05, 4.69) is 0 Å². The Hall–Kier alpha value is -3.25. The second-order valence-electron chi connectivity index (χ2n) is 11.3. The monoisotopic (exact) mass is 836 g/mol. The van der Waals surface area contributed by atoms with E-state index in [-0.39, 0.29) is 66.3 Å². The molecule has 0 saturated heterocycles. The van der Waals surface area contributed by atoms with Crippen LogP contribution in [0.1, 0.15) is 69.2 Å². The Balaban J connectivity index is 1.29. The topological polar surface area (TPSA) is 102 Å². The van der Waals surface area contributed by atoms with Crippen molar-refractivity contribution in [1.82, 2.24) is 0 Å². The molecule has 4 aromatic carbocycles. The van der Waals surface area contributed by atoms with E-state index in [0.717, 1.165) is 17.8 Å². The van der Waals surface area contributed by atoms with Gasteiger partial charge in [0.25, 0.3) is 0 Å². The number of allylic oxidation sites excluding steroid dienone is 4. The average molecular weight is 837 g/mol. The normalized spacial score (nSPS) is 16.5. The maximum absolute atomic E-state index is 14.1. The number of benzene rings is 4. The molecule has 0 spiro atoms. The van der Waals surface area contributed by atoms with Gasteiger partial charge in [-0.3, -0.25) is 28.8 Å². The molecule has 6 nitrogen and oxygen atoms in total. The van der Waals surface area contributed by atoms with Crippen LogP contribution in [0.25, 0.3) is 0 Å². The van der Waals surface area contributed by atoms with Crippen LogP contribution >= 0.6 is 0 Å². The Bertz CT molecular complexity index is 2680. The molecule has 0 saturated carbocycles. The van der Waals surface area contributed by atoms with Gasteiger partial charge < -0.3 is 0 Å². The summed E-state index contributed by atoms with van der Waals surface area (Å²) < 4.78 is 0. The molecule has 3 unspecified atom stereocenters. The number of hydrogen-bond donors (Lipinski definition) is 0. The zero-order chi connectivity index (χ0) is 36.3. The SMILES string of the molecule is Cc1cccc2c1C(=O)c1cccc(S(=S=S)C3=CC(=O)C(S(=S=S)c4cccc5c4C(=O)c4cccc(S(C)=S=S)c4C5=O)=CC3=O)c1C2=O. The Kier molecular flexibility index (Phi) is 10.1. The van der Waals surface area contributed by atoms with Gasteiger partial charge in [0.1, 0.15) is 0 Å². The summed E-state index contributed by atoms with van der Waals surface area (Å²) in [6, 6.07) is 20.0. The number of aryl methyl sites for hydroxylation is 1. The number of carbonyl (C=O) groups excluding carboxylic acids is 6. The lowest BCUT2D eigenvalue weighted by Gasteiger charge is -2.24. The van der Waals surface area contributed by atoms with Gasteiger partial charge in [0, 0.05) is 71.3 Å². The fraction of sp³-hybridized carbons (Fsp3) is 0.0556. The number of fused-ring (bicyclic) bond motifs is 4. The van der Waals surface area contributed by atoms with Crippen LogP contribution in [0.4, 0.5) is 0 Å². The first-order chi connectivity index (χ1) is 24.5. The first kappa shape index (κ1) is 36.1. The van der Waals surface area contributed by atoms with Crippen LogP contribution in [0.15, 0.2) is 109 Å². The minimum atomic E-state index is -1.31. The highest BCUT2D eigenvalue weighted by atomic mass is 33.1. The van der Waals surface area contributed by atoms with Crippen LogP contribution in [-0.2, 0) is 98.2 Å². The summed E-state index contributed by atoms with van der Waals surface area (Å²) >= 11 is 16.1. The maximum Gasteiger partial charge on any atom is 0.195 e. The zero-order valence-electron chi connectivity index (χ0n) is 26.2. The molecule has 15 heteroatoms. The third-order valence-corrected chi connectivity index (χ3v) is 21.4. The number of carbonyl (C=O) groups is 6. The van der Waals surface area contributed by atoms with Crippen LogP contribution in [0, 0.1) is 6.92 Å². The highest BCUT2D eigenvalue weighted by molar-refractivity contribution is 8.50. The second kappa shape index (κ2) is 14.3. The summed E-state index contributed by atoms with van der Waals surface area (Å²) in [5, 5.41) is 0. The van der Waals surface area contributed by atoms with Crippen molar-refractivity contribution in [3.8, 4) is 0 Å². The van der Waals surface area contributed by atoms with Crippen LogP contribution in [-0.4, -0.2) is 41.0 Å². The third-order valence-electron chi connectivity index (χ3n) is 8.60. The molecule has 0 aromatic heterocycles. The van der Waals surface area contributed by atoms with Gasteiger partial charge in [-0.2, -0.15) is 0 Å². The molecule has 4 aromatic rings. The van der Waals surface area contributed by atoms with Gasteiger partial charge in [0.15, 0.2) is 34.7 Å². The molecule has 0 N–H and O–H groups in total. The van der Waals surface area contributed by atoms with E-state index in [0.29, 0.717) is 31.4 Å². The van der Waals surface area contributed by atoms with Gasteiger partial charge in [-0.05, 0) is 97.1 Å².